The Kier molecular flexibility index (Phi) is 6.58. The van der Waals surface area contributed by atoms with E-state index < -0.39 is 0 Å². The van der Waals surface area contributed by atoms with E-state index in [1.807, 2.05) is 30.3 Å². The molecular formula is C23H20ClNO3. The molecule has 5 heteroatoms. The highest BCUT2D eigenvalue weighted by Gasteiger charge is 2.22. The van der Waals surface area contributed by atoms with Crippen LogP contribution in [0.1, 0.15) is 31.8 Å². The second-order valence-electron chi connectivity index (χ2n) is 6.32. The van der Waals surface area contributed by atoms with Gasteiger partial charge in [-0.15, -0.1) is 0 Å². The molecule has 0 aromatic heterocycles. The number of rotatable bonds is 7. The Morgan fingerprint density at radius 1 is 0.821 bits per heavy atom. The largest absolute Gasteiger partial charge is 0.395 e. The molecule has 0 spiro atoms. The van der Waals surface area contributed by atoms with Crippen LogP contribution in [-0.4, -0.2) is 34.8 Å². The van der Waals surface area contributed by atoms with Crippen LogP contribution in [0.4, 0.5) is 0 Å². The van der Waals surface area contributed by atoms with Crippen LogP contribution >= 0.6 is 11.6 Å². The van der Waals surface area contributed by atoms with Gasteiger partial charge in [0, 0.05) is 29.2 Å². The van der Waals surface area contributed by atoms with Crippen LogP contribution in [0, 0.1) is 0 Å². The summed E-state index contributed by atoms with van der Waals surface area (Å²) in [6.45, 7) is 0.368. The molecule has 0 bridgehead atoms. The Bertz CT molecular complexity index is 955. The second kappa shape index (κ2) is 9.31. The predicted molar refractivity (Wildman–Crippen MR) is 110 cm³/mol. The van der Waals surface area contributed by atoms with Crippen molar-refractivity contribution in [2.45, 2.75) is 6.54 Å². The van der Waals surface area contributed by atoms with E-state index in [1.165, 1.54) is 0 Å². The van der Waals surface area contributed by atoms with Crippen LogP contribution in [0.2, 0.25) is 5.02 Å². The van der Waals surface area contributed by atoms with Crippen molar-refractivity contribution in [1.29, 1.82) is 0 Å². The van der Waals surface area contributed by atoms with Crippen molar-refractivity contribution in [3.8, 4) is 0 Å². The van der Waals surface area contributed by atoms with Gasteiger partial charge >= 0.3 is 0 Å². The number of ketones is 1. The minimum Gasteiger partial charge on any atom is -0.395 e. The Labute approximate surface area is 169 Å². The van der Waals surface area contributed by atoms with Gasteiger partial charge in [-0.2, -0.15) is 0 Å². The van der Waals surface area contributed by atoms with Crippen molar-refractivity contribution in [2.75, 3.05) is 13.2 Å². The molecule has 28 heavy (non-hydrogen) atoms. The Hall–Kier alpha value is -2.95. The molecule has 3 aromatic carbocycles. The predicted octanol–water partition coefficient (Wildman–Crippen LogP) is 4.21. The van der Waals surface area contributed by atoms with E-state index in [0.717, 1.165) is 5.56 Å². The van der Waals surface area contributed by atoms with Crippen molar-refractivity contribution in [3.63, 3.8) is 0 Å². The smallest absolute Gasteiger partial charge is 0.254 e. The quantitative estimate of drug-likeness (QED) is 0.612. The zero-order valence-electron chi connectivity index (χ0n) is 15.2. The molecule has 0 aliphatic rings. The fourth-order valence-electron chi connectivity index (χ4n) is 2.97. The summed E-state index contributed by atoms with van der Waals surface area (Å²) in [6, 6.07) is 22.8. The van der Waals surface area contributed by atoms with Gasteiger partial charge in [0.15, 0.2) is 5.78 Å². The molecule has 3 rings (SSSR count). The van der Waals surface area contributed by atoms with E-state index in [1.54, 1.807) is 53.4 Å². The van der Waals surface area contributed by atoms with Crippen LogP contribution in [0.3, 0.4) is 0 Å². The van der Waals surface area contributed by atoms with Gasteiger partial charge in [0.05, 0.1) is 12.2 Å². The molecule has 0 fully saturated rings. The molecule has 0 heterocycles. The van der Waals surface area contributed by atoms with Gasteiger partial charge in [0.25, 0.3) is 5.91 Å². The Morgan fingerprint density at radius 2 is 1.43 bits per heavy atom. The zero-order chi connectivity index (χ0) is 19.9. The molecule has 0 atom stereocenters. The van der Waals surface area contributed by atoms with E-state index in [9.17, 15) is 14.7 Å². The highest BCUT2D eigenvalue weighted by atomic mass is 35.5. The summed E-state index contributed by atoms with van der Waals surface area (Å²) in [4.78, 5) is 27.7. The number of amides is 1. The van der Waals surface area contributed by atoms with Crippen molar-refractivity contribution >= 4 is 23.3 Å². The molecule has 0 saturated carbocycles. The van der Waals surface area contributed by atoms with Crippen LogP contribution in [0.5, 0.6) is 0 Å². The number of carbonyl (C=O) groups excluding carboxylic acids is 2. The average molecular weight is 394 g/mol. The fourth-order valence-corrected chi connectivity index (χ4v) is 3.10. The van der Waals surface area contributed by atoms with Crippen LogP contribution in [0.15, 0.2) is 78.9 Å². The molecule has 4 nitrogen and oxygen atoms in total. The van der Waals surface area contributed by atoms with Gasteiger partial charge in [-0.05, 0) is 35.9 Å². The lowest BCUT2D eigenvalue weighted by Crippen LogP contribution is -2.34. The highest BCUT2D eigenvalue weighted by Crippen LogP contribution is 2.19. The van der Waals surface area contributed by atoms with Crippen LogP contribution in [-0.2, 0) is 6.54 Å². The standard InChI is InChI=1S/C23H20ClNO3/c24-19-12-10-18(11-13-19)22(27)20-8-4-5-9-21(20)23(28)25(14-15-26)16-17-6-2-1-3-7-17/h1-13,26H,14-16H2. The van der Waals surface area contributed by atoms with Crippen LogP contribution in [0.25, 0.3) is 0 Å². The van der Waals surface area contributed by atoms with E-state index >= 15 is 0 Å². The molecule has 0 unspecified atom stereocenters. The molecule has 1 N–H and O–H groups in total. The molecule has 0 aliphatic heterocycles. The number of hydrogen-bond acceptors (Lipinski definition) is 3. The number of nitrogens with zero attached hydrogens (tertiary/aromatic N) is 1. The van der Waals surface area contributed by atoms with E-state index in [4.69, 9.17) is 11.6 Å². The number of halogens is 1. The van der Waals surface area contributed by atoms with Crippen molar-refractivity contribution in [2.24, 2.45) is 0 Å². The van der Waals surface area contributed by atoms with Gasteiger partial charge in [-0.3, -0.25) is 9.59 Å². The summed E-state index contributed by atoms with van der Waals surface area (Å²) in [5.74, 6) is -0.542. The summed E-state index contributed by atoms with van der Waals surface area (Å²) in [5.41, 5.74) is 2.05. The summed E-state index contributed by atoms with van der Waals surface area (Å²) < 4.78 is 0. The molecule has 0 radical (unpaired) electrons. The molecule has 142 valence electrons. The molecular weight excluding hydrogens is 374 g/mol. The minimum absolute atomic E-state index is 0.161. The number of aliphatic hydroxyl groups is 1. The first-order chi connectivity index (χ1) is 13.6. The number of hydrogen-bond donors (Lipinski definition) is 1. The lowest BCUT2D eigenvalue weighted by atomic mass is 9.97. The van der Waals surface area contributed by atoms with Crippen LogP contribution < -0.4 is 0 Å². The summed E-state index contributed by atoms with van der Waals surface area (Å²) in [6.07, 6.45) is 0. The number of aliphatic hydroxyl groups excluding tert-OH is 1. The SMILES string of the molecule is O=C(c1ccc(Cl)cc1)c1ccccc1C(=O)N(CCO)Cc1ccccc1. The summed E-state index contributed by atoms with van der Waals surface area (Å²) in [5, 5.41) is 9.96. The van der Waals surface area contributed by atoms with Gasteiger partial charge in [0.1, 0.15) is 0 Å². The Balaban J connectivity index is 1.92. The first-order valence-corrected chi connectivity index (χ1v) is 9.31. The zero-order valence-corrected chi connectivity index (χ0v) is 16.0. The van der Waals surface area contributed by atoms with Gasteiger partial charge in [0.2, 0.25) is 0 Å². The van der Waals surface area contributed by atoms with Gasteiger partial charge in [-0.25, -0.2) is 0 Å². The molecule has 3 aromatic rings. The van der Waals surface area contributed by atoms with Gasteiger partial charge in [-0.1, -0.05) is 60.1 Å². The first kappa shape index (κ1) is 19.8. The molecule has 0 aliphatic carbocycles. The lowest BCUT2D eigenvalue weighted by molar-refractivity contribution is 0.0704. The van der Waals surface area contributed by atoms with Crippen molar-refractivity contribution in [3.05, 3.63) is 106 Å². The Morgan fingerprint density at radius 3 is 2.07 bits per heavy atom. The number of benzene rings is 3. The lowest BCUT2D eigenvalue weighted by Gasteiger charge is -2.23. The summed E-state index contributed by atoms with van der Waals surface area (Å²) in [7, 11) is 0. The fraction of sp³-hybridized carbons (Fsp3) is 0.130. The highest BCUT2D eigenvalue weighted by molar-refractivity contribution is 6.30. The third kappa shape index (κ3) is 4.66. The molecule has 0 saturated heterocycles. The maximum Gasteiger partial charge on any atom is 0.254 e. The number of carbonyl (C=O) groups is 2. The van der Waals surface area contributed by atoms with Crippen molar-refractivity contribution < 1.29 is 14.7 Å². The third-order valence-corrected chi connectivity index (χ3v) is 4.63. The monoisotopic (exact) mass is 393 g/mol. The minimum atomic E-state index is -0.296. The van der Waals surface area contributed by atoms with E-state index in [-0.39, 0.29) is 24.8 Å². The molecule has 1 amide bonds. The maximum absolute atomic E-state index is 13.2. The summed E-state index contributed by atoms with van der Waals surface area (Å²) >= 11 is 5.90. The van der Waals surface area contributed by atoms with Gasteiger partial charge < -0.3 is 10.0 Å². The first-order valence-electron chi connectivity index (χ1n) is 8.93. The average Bonchev–Trinajstić information content (AvgIpc) is 2.74. The normalized spacial score (nSPS) is 10.5. The third-order valence-electron chi connectivity index (χ3n) is 4.38. The van der Waals surface area contributed by atoms with E-state index in [2.05, 4.69) is 0 Å². The second-order valence-corrected chi connectivity index (χ2v) is 6.75. The topological polar surface area (TPSA) is 57.6 Å². The maximum atomic E-state index is 13.2. The van der Waals surface area contributed by atoms with Crippen molar-refractivity contribution in [1.82, 2.24) is 4.90 Å². The van der Waals surface area contributed by atoms with E-state index in [0.29, 0.717) is 28.3 Å².